The number of alkyl halides is 3. The summed E-state index contributed by atoms with van der Waals surface area (Å²) in [6, 6.07) is -0.585. The lowest BCUT2D eigenvalue weighted by atomic mass is 10.2. The van der Waals surface area contributed by atoms with Gasteiger partial charge in [-0.1, -0.05) is 0 Å². The lowest BCUT2D eigenvalue weighted by molar-refractivity contribution is -0.121. The van der Waals surface area contributed by atoms with Crippen molar-refractivity contribution in [3.05, 3.63) is 0 Å². The van der Waals surface area contributed by atoms with Gasteiger partial charge in [0.1, 0.15) is 6.54 Å². The van der Waals surface area contributed by atoms with Gasteiger partial charge < -0.3 is 9.84 Å². The fraction of sp³-hybridized carbons (Fsp3) is 1.00. The standard InChI is InChI=1S/C8H15F3N2O4S/c1-6-4-17-7(3-14)2-13(6)18(15,16)12-5-8(9,10)11/h6-7,12,14H,2-5H2,1H3. The highest BCUT2D eigenvalue weighted by Crippen LogP contribution is 2.17. The summed E-state index contributed by atoms with van der Waals surface area (Å²) in [5.41, 5.74) is 0. The SMILES string of the molecule is CC1COC(CO)CN1S(=O)(=O)NCC(F)(F)F. The summed E-state index contributed by atoms with van der Waals surface area (Å²) in [4.78, 5) is 0. The van der Waals surface area contributed by atoms with E-state index in [0.29, 0.717) is 0 Å². The van der Waals surface area contributed by atoms with Gasteiger partial charge in [0.2, 0.25) is 0 Å². The van der Waals surface area contributed by atoms with Crippen molar-refractivity contribution in [2.45, 2.75) is 25.2 Å². The Morgan fingerprint density at radius 3 is 2.61 bits per heavy atom. The predicted molar refractivity (Wildman–Crippen MR) is 56.0 cm³/mol. The van der Waals surface area contributed by atoms with Gasteiger partial charge in [0.15, 0.2) is 0 Å². The number of aliphatic hydroxyl groups excluding tert-OH is 1. The topological polar surface area (TPSA) is 78.9 Å². The maximum atomic E-state index is 12.0. The van der Waals surface area contributed by atoms with E-state index in [9.17, 15) is 21.6 Å². The van der Waals surface area contributed by atoms with Crippen LogP contribution in [0.3, 0.4) is 0 Å². The second kappa shape index (κ2) is 5.70. The van der Waals surface area contributed by atoms with Gasteiger partial charge >= 0.3 is 6.18 Å². The van der Waals surface area contributed by atoms with Crippen LogP contribution in [0.5, 0.6) is 0 Å². The minimum absolute atomic E-state index is 0.0259. The third kappa shape index (κ3) is 4.35. The van der Waals surface area contributed by atoms with Gasteiger partial charge in [-0.2, -0.15) is 30.6 Å². The molecule has 0 aromatic rings. The lowest BCUT2D eigenvalue weighted by Gasteiger charge is -2.36. The molecule has 0 bridgehead atoms. The van der Waals surface area contributed by atoms with E-state index in [4.69, 9.17) is 9.84 Å². The molecule has 0 aromatic heterocycles. The zero-order valence-corrected chi connectivity index (χ0v) is 10.5. The Kier molecular flexibility index (Phi) is 4.95. The first kappa shape index (κ1) is 15.6. The summed E-state index contributed by atoms with van der Waals surface area (Å²) in [6.07, 6.45) is -5.33. The minimum atomic E-state index is -4.61. The maximum Gasteiger partial charge on any atom is 0.402 e. The number of rotatable bonds is 4. The molecule has 0 radical (unpaired) electrons. The van der Waals surface area contributed by atoms with Crippen LogP contribution in [0.4, 0.5) is 13.2 Å². The Morgan fingerprint density at radius 1 is 1.50 bits per heavy atom. The number of nitrogens with zero attached hydrogens (tertiary/aromatic N) is 1. The van der Waals surface area contributed by atoms with Crippen molar-refractivity contribution in [2.75, 3.05) is 26.3 Å². The summed E-state index contributed by atoms with van der Waals surface area (Å²) in [7, 11) is -4.24. The summed E-state index contributed by atoms with van der Waals surface area (Å²) in [5.74, 6) is 0. The largest absolute Gasteiger partial charge is 0.402 e. The first-order valence-corrected chi connectivity index (χ1v) is 6.65. The Balaban J connectivity index is 2.70. The van der Waals surface area contributed by atoms with Crippen molar-refractivity contribution in [1.82, 2.24) is 9.03 Å². The molecule has 0 spiro atoms. The first-order chi connectivity index (χ1) is 8.15. The second-order valence-corrected chi connectivity index (χ2v) is 5.71. The first-order valence-electron chi connectivity index (χ1n) is 5.21. The quantitative estimate of drug-likeness (QED) is 0.730. The van der Waals surface area contributed by atoms with Crippen LogP contribution in [0.25, 0.3) is 0 Å². The molecule has 0 aromatic carbocycles. The Hall–Kier alpha value is -0.420. The molecule has 2 N–H and O–H groups in total. The van der Waals surface area contributed by atoms with E-state index in [2.05, 4.69) is 0 Å². The normalized spacial score (nSPS) is 27.4. The molecule has 0 amide bonds. The molecule has 108 valence electrons. The number of aliphatic hydroxyl groups is 1. The van der Waals surface area contributed by atoms with Gasteiger partial charge in [0, 0.05) is 12.6 Å². The van der Waals surface area contributed by atoms with Crippen LogP contribution in [-0.2, 0) is 14.9 Å². The van der Waals surface area contributed by atoms with E-state index < -0.39 is 41.7 Å². The summed E-state index contributed by atoms with van der Waals surface area (Å²) >= 11 is 0. The fourth-order valence-electron chi connectivity index (χ4n) is 1.49. The zero-order valence-electron chi connectivity index (χ0n) is 9.64. The van der Waals surface area contributed by atoms with Crippen molar-refractivity contribution in [2.24, 2.45) is 0 Å². The molecule has 2 unspecified atom stereocenters. The molecule has 1 aliphatic heterocycles. The van der Waals surface area contributed by atoms with Crippen molar-refractivity contribution in [1.29, 1.82) is 0 Å². The number of ether oxygens (including phenoxy) is 1. The predicted octanol–water partition coefficient (Wildman–Crippen LogP) is -0.535. The van der Waals surface area contributed by atoms with E-state index in [1.54, 1.807) is 0 Å². The van der Waals surface area contributed by atoms with Crippen LogP contribution in [0, 0.1) is 0 Å². The van der Waals surface area contributed by atoms with Crippen molar-refractivity contribution in [3.63, 3.8) is 0 Å². The molecule has 6 nitrogen and oxygen atoms in total. The molecular weight excluding hydrogens is 277 g/mol. The van der Waals surface area contributed by atoms with Gasteiger partial charge in [-0.25, -0.2) is 0 Å². The Labute approximate surface area is 103 Å². The number of hydrogen-bond acceptors (Lipinski definition) is 4. The Bertz CT molecular complexity index is 373. The molecule has 18 heavy (non-hydrogen) atoms. The van der Waals surface area contributed by atoms with Crippen LogP contribution in [0.2, 0.25) is 0 Å². The molecule has 1 fully saturated rings. The van der Waals surface area contributed by atoms with Gasteiger partial charge in [0.25, 0.3) is 10.2 Å². The Morgan fingerprint density at radius 2 is 2.11 bits per heavy atom. The zero-order chi connectivity index (χ0) is 14.0. The highest BCUT2D eigenvalue weighted by atomic mass is 32.2. The molecule has 1 heterocycles. The van der Waals surface area contributed by atoms with Crippen LogP contribution >= 0.6 is 0 Å². The van der Waals surface area contributed by atoms with Crippen molar-refractivity contribution >= 4 is 10.2 Å². The summed E-state index contributed by atoms with van der Waals surface area (Å²) in [6.45, 7) is -0.648. The molecule has 0 saturated carbocycles. The van der Waals surface area contributed by atoms with Gasteiger partial charge in [-0.3, -0.25) is 0 Å². The summed E-state index contributed by atoms with van der Waals surface area (Å²) < 4.78 is 66.8. The van der Waals surface area contributed by atoms with Crippen molar-refractivity contribution < 1.29 is 31.4 Å². The molecule has 2 atom stereocenters. The molecule has 1 rings (SSSR count). The third-order valence-corrected chi connectivity index (χ3v) is 4.05. The maximum absolute atomic E-state index is 12.0. The number of halogens is 3. The van der Waals surface area contributed by atoms with Crippen LogP contribution in [0.15, 0.2) is 0 Å². The van der Waals surface area contributed by atoms with E-state index in [1.165, 1.54) is 11.6 Å². The fourth-order valence-corrected chi connectivity index (χ4v) is 2.90. The minimum Gasteiger partial charge on any atom is -0.394 e. The molecule has 10 heteroatoms. The molecular formula is C8H15F3N2O4S. The second-order valence-electron chi connectivity index (χ2n) is 4.00. The van der Waals surface area contributed by atoms with Gasteiger partial charge in [-0.15, -0.1) is 0 Å². The van der Waals surface area contributed by atoms with Crippen molar-refractivity contribution in [3.8, 4) is 0 Å². The number of hydrogen-bond donors (Lipinski definition) is 2. The van der Waals surface area contributed by atoms with Crippen LogP contribution in [0.1, 0.15) is 6.92 Å². The average Bonchev–Trinajstić information content (AvgIpc) is 2.26. The molecule has 0 aliphatic carbocycles. The lowest BCUT2D eigenvalue weighted by Crippen LogP contribution is -2.56. The van der Waals surface area contributed by atoms with E-state index >= 15 is 0 Å². The monoisotopic (exact) mass is 292 g/mol. The molecule has 1 saturated heterocycles. The van der Waals surface area contributed by atoms with Crippen LogP contribution in [-0.4, -0.2) is 62.5 Å². The van der Waals surface area contributed by atoms with E-state index in [0.717, 1.165) is 4.31 Å². The van der Waals surface area contributed by atoms with Gasteiger partial charge in [0.05, 0.1) is 19.3 Å². The third-order valence-electron chi connectivity index (χ3n) is 2.42. The van der Waals surface area contributed by atoms with Gasteiger partial charge in [-0.05, 0) is 6.92 Å². The number of nitrogens with one attached hydrogen (secondary N) is 1. The van der Waals surface area contributed by atoms with E-state index in [1.807, 2.05) is 0 Å². The van der Waals surface area contributed by atoms with Crippen LogP contribution < -0.4 is 4.72 Å². The highest BCUT2D eigenvalue weighted by molar-refractivity contribution is 7.87. The summed E-state index contributed by atoms with van der Waals surface area (Å²) in [5, 5.41) is 8.87. The number of morpholine rings is 1. The van der Waals surface area contributed by atoms with E-state index in [-0.39, 0.29) is 13.2 Å². The smallest absolute Gasteiger partial charge is 0.394 e. The molecule has 1 aliphatic rings. The highest BCUT2D eigenvalue weighted by Gasteiger charge is 2.37. The average molecular weight is 292 g/mol.